The second kappa shape index (κ2) is 10.6. The number of nitriles is 2. The van der Waals surface area contributed by atoms with Crippen LogP contribution in [0.1, 0.15) is 43.7 Å². The second-order valence-electron chi connectivity index (χ2n) is 8.34. The van der Waals surface area contributed by atoms with Gasteiger partial charge in [0.2, 0.25) is 5.91 Å². The summed E-state index contributed by atoms with van der Waals surface area (Å²) in [6.07, 6.45) is 3.47. The van der Waals surface area contributed by atoms with E-state index in [2.05, 4.69) is 6.07 Å². The smallest absolute Gasteiger partial charge is 0.234 e. The van der Waals surface area contributed by atoms with Crippen LogP contribution in [0.2, 0.25) is 0 Å². The van der Waals surface area contributed by atoms with Crippen molar-refractivity contribution in [1.82, 2.24) is 4.90 Å². The zero-order valence-corrected chi connectivity index (χ0v) is 19.5. The first-order valence-electron chi connectivity index (χ1n) is 11.1. The summed E-state index contributed by atoms with van der Waals surface area (Å²) >= 11 is 0. The molecular formula is C25H28N4O3S. The van der Waals surface area contributed by atoms with Crippen molar-refractivity contribution in [2.45, 2.75) is 56.0 Å². The van der Waals surface area contributed by atoms with Gasteiger partial charge in [-0.3, -0.25) is 9.69 Å². The molecule has 172 valence electrons. The highest BCUT2D eigenvalue weighted by Crippen LogP contribution is 2.27. The lowest BCUT2D eigenvalue weighted by molar-refractivity contribution is -0.125. The highest BCUT2D eigenvalue weighted by atomic mass is 32.2. The molecule has 2 atom stereocenters. The van der Waals surface area contributed by atoms with Gasteiger partial charge in [-0.05, 0) is 48.1 Å². The lowest BCUT2D eigenvalue weighted by Gasteiger charge is -2.36. The number of nitrogens with two attached hydrogens (primary N) is 1. The number of rotatable bonds is 8. The predicted octanol–water partition coefficient (Wildman–Crippen LogP) is 3.18. The molecule has 0 bridgehead atoms. The molecule has 0 aromatic heterocycles. The molecule has 2 N–H and O–H groups in total. The Morgan fingerprint density at radius 1 is 1.15 bits per heavy atom. The van der Waals surface area contributed by atoms with Crippen LogP contribution in [0.5, 0.6) is 0 Å². The summed E-state index contributed by atoms with van der Waals surface area (Å²) in [4.78, 5) is 13.8. The molecule has 7 nitrogen and oxygen atoms in total. The molecule has 1 heterocycles. The third-order valence-electron chi connectivity index (χ3n) is 6.05. The largest absolute Gasteiger partial charge is 0.368 e. The Bertz CT molecular complexity index is 1190. The number of hydrogen-bond donors (Lipinski definition) is 1. The monoisotopic (exact) mass is 464 g/mol. The Morgan fingerprint density at radius 2 is 1.85 bits per heavy atom. The first-order valence-corrected chi connectivity index (χ1v) is 12.8. The van der Waals surface area contributed by atoms with Crippen molar-refractivity contribution in [1.29, 1.82) is 10.5 Å². The molecule has 8 heteroatoms. The van der Waals surface area contributed by atoms with E-state index in [1.165, 1.54) is 6.07 Å². The van der Waals surface area contributed by atoms with Gasteiger partial charge < -0.3 is 5.73 Å². The third-order valence-corrected chi connectivity index (χ3v) is 8.00. The van der Waals surface area contributed by atoms with Gasteiger partial charge in [-0.15, -0.1) is 0 Å². The van der Waals surface area contributed by atoms with Crippen molar-refractivity contribution in [3.05, 3.63) is 53.6 Å². The first kappa shape index (κ1) is 24.4. The van der Waals surface area contributed by atoms with E-state index in [1.54, 1.807) is 19.1 Å². The van der Waals surface area contributed by atoms with Gasteiger partial charge in [0.05, 0.1) is 28.3 Å². The molecule has 1 aliphatic rings. The van der Waals surface area contributed by atoms with Crippen LogP contribution in [0.15, 0.2) is 47.4 Å². The molecule has 0 saturated carbocycles. The fourth-order valence-electron chi connectivity index (χ4n) is 4.36. The van der Waals surface area contributed by atoms with Gasteiger partial charge in [-0.25, -0.2) is 8.42 Å². The third kappa shape index (κ3) is 5.60. The van der Waals surface area contributed by atoms with Gasteiger partial charge in [0.1, 0.15) is 12.1 Å². The highest BCUT2D eigenvalue weighted by Gasteiger charge is 2.32. The molecule has 1 fully saturated rings. The summed E-state index contributed by atoms with van der Waals surface area (Å²) in [5.41, 5.74) is 8.16. The van der Waals surface area contributed by atoms with E-state index < -0.39 is 21.9 Å². The molecule has 1 unspecified atom stereocenters. The maximum absolute atomic E-state index is 12.6. The lowest BCUT2D eigenvalue weighted by Crippen LogP contribution is -2.52. The Morgan fingerprint density at radius 3 is 2.45 bits per heavy atom. The molecule has 1 amide bonds. The van der Waals surface area contributed by atoms with Crippen LogP contribution in [0, 0.1) is 22.7 Å². The van der Waals surface area contributed by atoms with E-state index in [0.717, 1.165) is 24.0 Å². The van der Waals surface area contributed by atoms with E-state index in [4.69, 9.17) is 5.73 Å². The van der Waals surface area contributed by atoms with Gasteiger partial charge >= 0.3 is 0 Å². The number of hydrogen-bond acceptors (Lipinski definition) is 6. The van der Waals surface area contributed by atoms with Gasteiger partial charge in [0.25, 0.3) is 0 Å². The summed E-state index contributed by atoms with van der Waals surface area (Å²) < 4.78 is 25.2. The van der Waals surface area contributed by atoms with Crippen molar-refractivity contribution in [2.75, 3.05) is 12.3 Å². The quantitative estimate of drug-likeness (QED) is 0.639. The number of sulfone groups is 1. The number of likely N-dealkylation sites (tertiary alicyclic amines) is 1. The molecule has 0 radical (unpaired) electrons. The number of amides is 1. The Labute approximate surface area is 195 Å². The summed E-state index contributed by atoms with van der Waals surface area (Å²) in [5, 5.41) is 19.1. The molecule has 3 rings (SSSR count). The number of benzene rings is 2. The number of nitrogens with zero attached hydrogens (tertiary/aromatic N) is 3. The summed E-state index contributed by atoms with van der Waals surface area (Å²) in [6, 6.07) is 15.8. The van der Waals surface area contributed by atoms with Crippen LogP contribution >= 0.6 is 0 Å². The second-order valence-corrected chi connectivity index (χ2v) is 10.4. The Kier molecular flexibility index (Phi) is 7.86. The van der Waals surface area contributed by atoms with Crippen LogP contribution in [0.3, 0.4) is 0 Å². The van der Waals surface area contributed by atoms with E-state index in [-0.39, 0.29) is 22.1 Å². The Balaban J connectivity index is 1.84. The maximum atomic E-state index is 12.6. The standard InChI is InChI=1S/C25H28N4O3S/c1-2-13-33(31,32)24-15-20(10-11-21(24)16-26)19-8-6-18(7-9-19)14-22(17-27)29-12-4-3-5-23(29)25(28)30/h6-11,15,22-23H,2-5,12-14H2,1H3,(H2,28,30)/t22-,23?/m0/s1. The SMILES string of the molecule is CCCS(=O)(=O)c1cc(-c2ccc(C[C@@H](C#N)N3CCCCC3C(N)=O)cc2)ccc1C#N. The van der Waals surface area contributed by atoms with Gasteiger partial charge in [0.15, 0.2) is 9.84 Å². The fourth-order valence-corrected chi connectivity index (χ4v) is 5.87. The number of primary amides is 1. The highest BCUT2D eigenvalue weighted by molar-refractivity contribution is 7.91. The molecule has 2 aromatic rings. The van der Waals surface area contributed by atoms with Crippen molar-refractivity contribution < 1.29 is 13.2 Å². The van der Waals surface area contributed by atoms with Gasteiger partial charge in [0, 0.05) is 13.0 Å². The zero-order valence-electron chi connectivity index (χ0n) is 18.7. The summed E-state index contributed by atoms with van der Waals surface area (Å²) in [6.45, 7) is 2.46. The van der Waals surface area contributed by atoms with Crippen LogP contribution in [0.4, 0.5) is 0 Å². The topological polar surface area (TPSA) is 128 Å². The first-order chi connectivity index (χ1) is 15.8. The van der Waals surface area contributed by atoms with Gasteiger partial charge in [-0.2, -0.15) is 10.5 Å². The van der Waals surface area contributed by atoms with Gasteiger partial charge in [-0.1, -0.05) is 43.7 Å². The minimum Gasteiger partial charge on any atom is -0.368 e. The normalized spacial score (nSPS) is 17.6. The molecule has 33 heavy (non-hydrogen) atoms. The minimum atomic E-state index is -3.54. The molecule has 1 aliphatic heterocycles. The van der Waals surface area contributed by atoms with E-state index >= 15 is 0 Å². The van der Waals surface area contributed by atoms with Crippen LogP contribution in [-0.2, 0) is 21.1 Å². The summed E-state index contributed by atoms with van der Waals surface area (Å²) in [5.74, 6) is -0.400. The molecular weight excluding hydrogens is 436 g/mol. The molecule has 0 aliphatic carbocycles. The number of carbonyl (C=O) groups is 1. The van der Waals surface area contributed by atoms with Crippen molar-refractivity contribution in [3.63, 3.8) is 0 Å². The minimum absolute atomic E-state index is 0.0115. The van der Waals surface area contributed by atoms with E-state index in [0.29, 0.717) is 31.4 Å². The van der Waals surface area contributed by atoms with E-state index in [9.17, 15) is 23.7 Å². The average Bonchev–Trinajstić information content (AvgIpc) is 2.82. The predicted molar refractivity (Wildman–Crippen MR) is 126 cm³/mol. The van der Waals surface area contributed by atoms with Crippen LogP contribution < -0.4 is 5.73 Å². The van der Waals surface area contributed by atoms with Crippen LogP contribution in [0.25, 0.3) is 11.1 Å². The number of carbonyl (C=O) groups excluding carboxylic acids is 1. The van der Waals surface area contributed by atoms with Crippen molar-refractivity contribution in [2.24, 2.45) is 5.73 Å². The zero-order chi connectivity index (χ0) is 24.0. The lowest BCUT2D eigenvalue weighted by atomic mass is 9.95. The molecule has 2 aromatic carbocycles. The van der Waals surface area contributed by atoms with Crippen molar-refractivity contribution in [3.8, 4) is 23.3 Å². The molecule has 1 saturated heterocycles. The number of piperidine rings is 1. The Hall–Kier alpha value is -3.20. The molecule has 0 spiro atoms. The fraction of sp³-hybridized carbons (Fsp3) is 0.400. The maximum Gasteiger partial charge on any atom is 0.234 e. The average molecular weight is 465 g/mol. The van der Waals surface area contributed by atoms with Crippen molar-refractivity contribution >= 4 is 15.7 Å². The van der Waals surface area contributed by atoms with Crippen LogP contribution in [-0.4, -0.2) is 43.6 Å². The van der Waals surface area contributed by atoms with E-state index in [1.807, 2.05) is 35.2 Å². The summed E-state index contributed by atoms with van der Waals surface area (Å²) in [7, 11) is -3.54.